The molecule has 2 rings (SSSR count). The second-order valence-electron chi connectivity index (χ2n) is 3.11. The topological polar surface area (TPSA) is 67.5 Å². The third-order valence-corrected chi connectivity index (χ3v) is 2.58. The molecule has 0 saturated carbocycles. The van der Waals surface area contributed by atoms with Crippen LogP contribution >= 0.6 is 22.6 Å². The van der Waals surface area contributed by atoms with Gasteiger partial charge in [0, 0.05) is 23.9 Å². The summed E-state index contributed by atoms with van der Waals surface area (Å²) in [5.41, 5.74) is 0.855. The number of aromatic nitrogens is 2. The summed E-state index contributed by atoms with van der Waals surface area (Å²) >= 11 is 2.11. The molecule has 0 aliphatic rings. The van der Waals surface area contributed by atoms with Crippen LogP contribution < -0.4 is 4.84 Å². The zero-order valence-corrected chi connectivity index (χ0v) is 10.3. The summed E-state index contributed by atoms with van der Waals surface area (Å²) in [6, 6.07) is 6.42. The van der Waals surface area contributed by atoms with Crippen LogP contribution in [0.3, 0.4) is 0 Å². The number of rotatable bonds is 3. The van der Waals surface area contributed by atoms with Gasteiger partial charge in [0.25, 0.3) is 0 Å². The molecular weight excluding hydrogens is 323 g/mol. The van der Waals surface area contributed by atoms with Crippen molar-refractivity contribution in [3.63, 3.8) is 0 Å². The lowest BCUT2D eigenvalue weighted by molar-refractivity contribution is 0.0642. The maximum absolute atomic E-state index is 9.31. The number of hydrogen-bond donors (Lipinski definition) is 2. The molecule has 0 amide bonds. The third-order valence-electron chi connectivity index (χ3n) is 1.95. The van der Waals surface area contributed by atoms with Crippen molar-refractivity contribution in [2.24, 2.45) is 0 Å². The molecule has 2 heterocycles. The fourth-order valence-electron chi connectivity index (χ4n) is 1.17. The van der Waals surface area contributed by atoms with E-state index in [1.165, 1.54) is 12.1 Å². The molecule has 6 heteroatoms. The van der Waals surface area contributed by atoms with Gasteiger partial charge in [0.15, 0.2) is 0 Å². The van der Waals surface area contributed by atoms with Crippen molar-refractivity contribution in [3.8, 4) is 11.8 Å². The predicted molar refractivity (Wildman–Crippen MR) is 65.0 cm³/mol. The van der Waals surface area contributed by atoms with Gasteiger partial charge < -0.3 is 15.1 Å². The van der Waals surface area contributed by atoms with Crippen LogP contribution in [0, 0.1) is 3.70 Å². The average molecular weight is 332 g/mol. The SMILES string of the molecule is Oc1ccc(O)n1OCc1ccc(I)nc1. The molecule has 0 aromatic carbocycles. The van der Waals surface area contributed by atoms with E-state index in [9.17, 15) is 10.2 Å². The third kappa shape index (κ3) is 2.38. The normalized spacial score (nSPS) is 10.3. The number of aromatic hydroxyl groups is 2. The van der Waals surface area contributed by atoms with E-state index in [1.54, 1.807) is 6.20 Å². The van der Waals surface area contributed by atoms with Gasteiger partial charge in [-0.25, -0.2) is 4.98 Å². The lowest BCUT2D eigenvalue weighted by atomic mass is 10.3. The number of hydrogen-bond acceptors (Lipinski definition) is 4. The Balaban J connectivity index is 2.05. The molecule has 0 aliphatic carbocycles. The van der Waals surface area contributed by atoms with Crippen molar-refractivity contribution in [1.29, 1.82) is 0 Å². The van der Waals surface area contributed by atoms with E-state index in [1.807, 2.05) is 12.1 Å². The lowest BCUT2D eigenvalue weighted by Crippen LogP contribution is -2.10. The minimum Gasteiger partial charge on any atom is -0.492 e. The van der Waals surface area contributed by atoms with Crippen LogP contribution in [0.5, 0.6) is 11.8 Å². The van der Waals surface area contributed by atoms with E-state index in [4.69, 9.17) is 4.84 Å². The summed E-state index contributed by atoms with van der Waals surface area (Å²) in [6.45, 7) is 0.222. The molecule has 0 spiro atoms. The fourth-order valence-corrected chi connectivity index (χ4v) is 1.48. The van der Waals surface area contributed by atoms with Crippen molar-refractivity contribution in [2.75, 3.05) is 0 Å². The molecule has 0 aliphatic heterocycles. The molecule has 2 aromatic rings. The van der Waals surface area contributed by atoms with Crippen molar-refractivity contribution < 1.29 is 15.1 Å². The van der Waals surface area contributed by atoms with Gasteiger partial charge in [0.05, 0.1) is 0 Å². The lowest BCUT2D eigenvalue weighted by Gasteiger charge is -2.08. The summed E-state index contributed by atoms with van der Waals surface area (Å²) < 4.78 is 1.85. The van der Waals surface area contributed by atoms with E-state index in [0.29, 0.717) is 0 Å². The maximum atomic E-state index is 9.31. The summed E-state index contributed by atoms with van der Waals surface area (Å²) in [5, 5.41) is 18.6. The van der Waals surface area contributed by atoms with Crippen molar-refractivity contribution in [1.82, 2.24) is 9.71 Å². The Morgan fingerprint density at radius 2 is 1.88 bits per heavy atom. The number of halogens is 1. The van der Waals surface area contributed by atoms with Gasteiger partial charge in [0.1, 0.15) is 10.3 Å². The van der Waals surface area contributed by atoms with Crippen LogP contribution in [0.4, 0.5) is 0 Å². The molecule has 0 bridgehead atoms. The van der Waals surface area contributed by atoms with Crippen LogP contribution in [-0.2, 0) is 6.61 Å². The molecular formula is C10H9IN2O3. The Bertz CT molecular complexity index is 462. The van der Waals surface area contributed by atoms with Crippen molar-refractivity contribution in [2.45, 2.75) is 6.61 Å². The van der Waals surface area contributed by atoms with E-state index < -0.39 is 0 Å². The smallest absolute Gasteiger partial charge is 0.229 e. The molecule has 0 radical (unpaired) electrons. The summed E-state index contributed by atoms with van der Waals surface area (Å²) in [4.78, 5) is 9.30. The van der Waals surface area contributed by atoms with Gasteiger partial charge in [0.2, 0.25) is 11.8 Å². The van der Waals surface area contributed by atoms with Gasteiger partial charge in [-0.1, -0.05) is 6.07 Å². The van der Waals surface area contributed by atoms with Crippen molar-refractivity contribution >= 4 is 22.6 Å². The first-order valence-corrected chi connectivity index (χ1v) is 5.58. The van der Waals surface area contributed by atoms with E-state index in [2.05, 4.69) is 27.6 Å². The Labute approximate surface area is 105 Å². The van der Waals surface area contributed by atoms with Crippen LogP contribution in [-0.4, -0.2) is 19.9 Å². The predicted octanol–water partition coefficient (Wildman–Crippen LogP) is 1.53. The highest BCUT2D eigenvalue weighted by atomic mass is 127. The molecule has 0 unspecified atom stereocenters. The quantitative estimate of drug-likeness (QED) is 0.661. The Hall–Kier alpha value is -1.44. The van der Waals surface area contributed by atoms with Gasteiger partial charge >= 0.3 is 0 Å². The van der Waals surface area contributed by atoms with Gasteiger partial charge in [-0.3, -0.25) is 0 Å². The first kappa shape index (κ1) is 11.1. The highest BCUT2D eigenvalue weighted by Gasteiger charge is 2.06. The summed E-state index contributed by atoms with van der Waals surface area (Å²) in [5.74, 6) is -0.285. The Kier molecular flexibility index (Phi) is 3.18. The second-order valence-corrected chi connectivity index (χ2v) is 4.21. The number of nitrogens with zero attached hydrogens (tertiary/aromatic N) is 2. The first-order valence-electron chi connectivity index (χ1n) is 4.50. The van der Waals surface area contributed by atoms with Crippen LogP contribution in [0.1, 0.15) is 5.56 Å². The van der Waals surface area contributed by atoms with E-state index in [-0.39, 0.29) is 18.4 Å². The van der Waals surface area contributed by atoms with Crippen LogP contribution in [0.25, 0.3) is 0 Å². The molecule has 5 nitrogen and oxygen atoms in total. The van der Waals surface area contributed by atoms with E-state index >= 15 is 0 Å². The molecule has 0 atom stereocenters. The molecule has 0 saturated heterocycles. The zero-order valence-electron chi connectivity index (χ0n) is 8.17. The highest BCUT2D eigenvalue weighted by Crippen LogP contribution is 2.19. The standard InChI is InChI=1S/C10H9IN2O3/c11-8-2-1-7(5-12-8)6-16-13-9(14)3-4-10(13)15/h1-5,14-15H,6H2. The second kappa shape index (κ2) is 4.60. The minimum atomic E-state index is -0.143. The largest absolute Gasteiger partial charge is 0.492 e. The average Bonchev–Trinajstić information content (AvgIpc) is 2.59. The molecule has 16 heavy (non-hydrogen) atoms. The molecule has 0 fully saturated rings. The monoisotopic (exact) mass is 332 g/mol. The highest BCUT2D eigenvalue weighted by molar-refractivity contribution is 14.1. The van der Waals surface area contributed by atoms with Gasteiger partial charge in [-0.05, 0) is 28.7 Å². The van der Waals surface area contributed by atoms with Crippen molar-refractivity contribution in [3.05, 3.63) is 39.7 Å². The Morgan fingerprint density at radius 1 is 1.19 bits per heavy atom. The summed E-state index contributed by atoms with van der Waals surface area (Å²) in [7, 11) is 0. The first-order chi connectivity index (χ1) is 7.66. The van der Waals surface area contributed by atoms with Crippen LogP contribution in [0.15, 0.2) is 30.5 Å². The number of pyridine rings is 1. The van der Waals surface area contributed by atoms with E-state index in [0.717, 1.165) is 14.0 Å². The van der Waals surface area contributed by atoms with Gasteiger partial charge in [-0.2, -0.15) is 0 Å². The summed E-state index contributed by atoms with van der Waals surface area (Å²) in [6.07, 6.45) is 1.68. The van der Waals surface area contributed by atoms with Gasteiger partial charge in [-0.15, -0.1) is 4.73 Å². The Morgan fingerprint density at radius 3 is 2.44 bits per heavy atom. The minimum absolute atomic E-state index is 0.143. The molecule has 84 valence electrons. The molecule has 2 aromatic heterocycles. The maximum Gasteiger partial charge on any atom is 0.229 e. The zero-order chi connectivity index (χ0) is 11.5. The fraction of sp³-hybridized carbons (Fsp3) is 0.100. The molecule has 2 N–H and O–H groups in total. The van der Waals surface area contributed by atoms with Crippen LogP contribution in [0.2, 0.25) is 0 Å².